The van der Waals surface area contributed by atoms with E-state index < -0.39 is 5.82 Å². The zero-order chi connectivity index (χ0) is 20.8. The number of nitrogens with zero attached hydrogens (tertiary/aromatic N) is 6. The van der Waals surface area contributed by atoms with Gasteiger partial charge in [0.1, 0.15) is 17.8 Å². The highest BCUT2D eigenvalue weighted by Gasteiger charge is 2.20. The molecule has 5 heterocycles. The van der Waals surface area contributed by atoms with Gasteiger partial charge in [-0.15, -0.1) is 0 Å². The number of fused-ring (bicyclic) bond motifs is 2. The third kappa shape index (κ3) is 2.75. The van der Waals surface area contributed by atoms with Crippen LogP contribution in [0.5, 0.6) is 0 Å². The second kappa shape index (κ2) is 6.77. The summed E-state index contributed by atoms with van der Waals surface area (Å²) in [5.41, 5.74) is 4.99. The molecule has 0 unspecified atom stereocenters. The molecule has 0 fully saturated rings. The Kier molecular flexibility index (Phi) is 3.79. The number of aromatic nitrogens is 8. The number of pyridine rings is 2. The van der Waals surface area contributed by atoms with Crippen molar-refractivity contribution in [2.24, 2.45) is 0 Å². The van der Waals surface area contributed by atoms with Crippen molar-refractivity contribution in [3.05, 3.63) is 73.5 Å². The Labute approximate surface area is 174 Å². The number of hydrogen-bond acceptors (Lipinski definition) is 6. The zero-order valence-electron chi connectivity index (χ0n) is 15.9. The van der Waals surface area contributed by atoms with E-state index in [1.807, 2.05) is 18.2 Å². The first-order valence-corrected chi connectivity index (χ1v) is 9.47. The third-order valence-electron chi connectivity index (χ3n) is 5.13. The van der Waals surface area contributed by atoms with Gasteiger partial charge >= 0.3 is 0 Å². The minimum Gasteiger partial charge on any atom is -0.335 e. The quantitative estimate of drug-likeness (QED) is 0.455. The van der Waals surface area contributed by atoms with Crippen molar-refractivity contribution in [1.82, 2.24) is 40.1 Å². The molecule has 0 amide bonds. The summed E-state index contributed by atoms with van der Waals surface area (Å²) < 4.78 is 15.6. The van der Waals surface area contributed by atoms with Gasteiger partial charge in [0, 0.05) is 53.2 Å². The van der Waals surface area contributed by atoms with Crippen LogP contribution in [0.4, 0.5) is 4.39 Å². The lowest BCUT2D eigenvalue weighted by Crippen LogP contribution is -1.90. The standard InChI is InChI=1S/C22H13FN8/c23-18-14(13-9-25-11-26-10-13)3-4-16-17(18)20(31-30-16)22-28-19-15(5-7-27-21(19)29-22)12-2-1-6-24-8-12/h1-11H,(H,30,31)(H,27,28,29). The Morgan fingerprint density at radius 1 is 0.839 bits per heavy atom. The van der Waals surface area contributed by atoms with Crippen molar-refractivity contribution in [2.75, 3.05) is 0 Å². The molecule has 148 valence electrons. The normalized spacial score (nSPS) is 11.4. The molecule has 0 aliphatic carbocycles. The third-order valence-corrected chi connectivity index (χ3v) is 5.13. The van der Waals surface area contributed by atoms with E-state index in [1.165, 1.54) is 6.33 Å². The smallest absolute Gasteiger partial charge is 0.178 e. The highest BCUT2D eigenvalue weighted by molar-refractivity contribution is 5.97. The fourth-order valence-electron chi connectivity index (χ4n) is 3.69. The van der Waals surface area contributed by atoms with Crippen LogP contribution in [-0.2, 0) is 0 Å². The molecule has 0 spiro atoms. The Balaban J connectivity index is 1.56. The van der Waals surface area contributed by atoms with E-state index in [4.69, 9.17) is 0 Å². The van der Waals surface area contributed by atoms with Gasteiger partial charge in [0.15, 0.2) is 11.5 Å². The van der Waals surface area contributed by atoms with E-state index >= 15 is 4.39 Å². The first-order valence-electron chi connectivity index (χ1n) is 9.47. The van der Waals surface area contributed by atoms with E-state index in [1.54, 1.807) is 43.1 Å². The van der Waals surface area contributed by atoms with Gasteiger partial charge in [0.25, 0.3) is 0 Å². The van der Waals surface area contributed by atoms with Gasteiger partial charge in [-0.25, -0.2) is 24.3 Å². The van der Waals surface area contributed by atoms with Gasteiger partial charge in [-0.3, -0.25) is 10.1 Å². The number of nitrogens with one attached hydrogen (secondary N) is 2. The zero-order valence-corrected chi connectivity index (χ0v) is 15.9. The van der Waals surface area contributed by atoms with E-state index in [-0.39, 0.29) is 0 Å². The van der Waals surface area contributed by atoms with Crippen molar-refractivity contribution in [3.63, 3.8) is 0 Å². The number of hydrogen-bond donors (Lipinski definition) is 2. The van der Waals surface area contributed by atoms with Crippen LogP contribution in [0, 0.1) is 5.82 Å². The highest BCUT2D eigenvalue weighted by atomic mass is 19.1. The fraction of sp³-hybridized carbons (Fsp3) is 0. The molecule has 0 bridgehead atoms. The Hall–Kier alpha value is -4.53. The molecule has 31 heavy (non-hydrogen) atoms. The molecule has 0 atom stereocenters. The van der Waals surface area contributed by atoms with Crippen molar-refractivity contribution in [2.45, 2.75) is 0 Å². The topological polar surface area (TPSA) is 109 Å². The average molecular weight is 408 g/mol. The molecule has 0 saturated carbocycles. The second-order valence-corrected chi connectivity index (χ2v) is 6.93. The number of halogens is 1. The van der Waals surface area contributed by atoms with E-state index in [0.717, 1.165) is 16.6 Å². The molecule has 0 aliphatic rings. The number of rotatable bonds is 3. The monoisotopic (exact) mass is 408 g/mol. The van der Waals surface area contributed by atoms with Crippen LogP contribution in [0.1, 0.15) is 0 Å². The lowest BCUT2D eigenvalue weighted by atomic mass is 10.0. The van der Waals surface area contributed by atoms with Crippen LogP contribution < -0.4 is 0 Å². The maximum Gasteiger partial charge on any atom is 0.178 e. The number of benzene rings is 1. The molecule has 0 radical (unpaired) electrons. The summed E-state index contributed by atoms with van der Waals surface area (Å²) in [5.74, 6) is 0.00222. The Morgan fingerprint density at radius 3 is 2.55 bits per heavy atom. The van der Waals surface area contributed by atoms with Crippen LogP contribution >= 0.6 is 0 Å². The lowest BCUT2D eigenvalue weighted by Gasteiger charge is -2.04. The first-order chi connectivity index (χ1) is 15.3. The molecule has 0 saturated heterocycles. The summed E-state index contributed by atoms with van der Waals surface area (Å²) in [7, 11) is 0. The minimum absolute atomic E-state index is 0.336. The maximum absolute atomic E-state index is 15.6. The molecular weight excluding hydrogens is 395 g/mol. The van der Waals surface area contributed by atoms with Gasteiger partial charge in [-0.2, -0.15) is 5.10 Å². The largest absolute Gasteiger partial charge is 0.335 e. The minimum atomic E-state index is -0.419. The molecule has 6 rings (SSSR count). The lowest BCUT2D eigenvalue weighted by molar-refractivity contribution is 0.643. The van der Waals surface area contributed by atoms with Crippen molar-refractivity contribution >= 4 is 22.1 Å². The maximum atomic E-state index is 15.6. The second-order valence-electron chi connectivity index (χ2n) is 6.93. The summed E-state index contributed by atoms with van der Waals surface area (Å²) in [6.45, 7) is 0. The van der Waals surface area contributed by atoms with Gasteiger partial charge in [-0.1, -0.05) is 6.07 Å². The number of imidazole rings is 1. The molecule has 1 aromatic carbocycles. The first kappa shape index (κ1) is 17.3. The van der Waals surface area contributed by atoms with E-state index in [9.17, 15) is 0 Å². The summed E-state index contributed by atoms with van der Waals surface area (Å²) in [4.78, 5) is 24.4. The summed E-state index contributed by atoms with van der Waals surface area (Å²) >= 11 is 0. The number of aromatic amines is 2. The molecule has 5 aromatic heterocycles. The molecule has 8 nitrogen and oxygen atoms in total. The molecule has 2 N–H and O–H groups in total. The summed E-state index contributed by atoms with van der Waals surface area (Å²) in [6, 6.07) is 9.17. The SMILES string of the molecule is Fc1c(-c2cncnc2)ccc2[nH]nc(-c3nc4nccc(-c5cccnc5)c4[nH]3)c12. The van der Waals surface area contributed by atoms with Crippen LogP contribution in [0.3, 0.4) is 0 Å². The summed E-state index contributed by atoms with van der Waals surface area (Å²) in [5, 5.41) is 7.55. The van der Waals surface area contributed by atoms with Gasteiger partial charge in [0.2, 0.25) is 0 Å². The molecule has 6 aromatic rings. The average Bonchev–Trinajstić information content (AvgIpc) is 3.45. The van der Waals surface area contributed by atoms with Gasteiger partial charge in [-0.05, 0) is 24.3 Å². The van der Waals surface area contributed by atoms with E-state index in [0.29, 0.717) is 39.2 Å². The highest BCUT2D eigenvalue weighted by Crippen LogP contribution is 2.34. The predicted octanol–water partition coefficient (Wildman–Crippen LogP) is 4.16. The van der Waals surface area contributed by atoms with Gasteiger partial charge in [0.05, 0.1) is 16.4 Å². The van der Waals surface area contributed by atoms with Crippen LogP contribution in [-0.4, -0.2) is 40.1 Å². The van der Waals surface area contributed by atoms with Crippen molar-refractivity contribution in [1.29, 1.82) is 0 Å². The van der Waals surface area contributed by atoms with Crippen molar-refractivity contribution < 1.29 is 4.39 Å². The molecule has 9 heteroatoms. The Morgan fingerprint density at radius 2 is 1.71 bits per heavy atom. The summed E-state index contributed by atoms with van der Waals surface area (Å²) in [6.07, 6.45) is 9.72. The van der Waals surface area contributed by atoms with Crippen LogP contribution in [0.25, 0.3) is 55.8 Å². The van der Waals surface area contributed by atoms with Crippen LogP contribution in [0.2, 0.25) is 0 Å². The molecule has 0 aliphatic heterocycles. The van der Waals surface area contributed by atoms with Crippen LogP contribution in [0.15, 0.2) is 67.6 Å². The molecular formula is C22H13FN8. The van der Waals surface area contributed by atoms with E-state index in [2.05, 4.69) is 40.1 Å². The Bertz CT molecular complexity index is 1540. The van der Waals surface area contributed by atoms with Gasteiger partial charge < -0.3 is 4.98 Å². The predicted molar refractivity (Wildman–Crippen MR) is 113 cm³/mol. The number of H-pyrrole nitrogens is 2. The fourth-order valence-corrected chi connectivity index (χ4v) is 3.69. The van der Waals surface area contributed by atoms with Crippen molar-refractivity contribution in [3.8, 4) is 33.8 Å².